The van der Waals surface area contributed by atoms with Crippen LogP contribution in [0.3, 0.4) is 0 Å². The number of aliphatic imine (C=N–C) groups is 1. The van der Waals surface area contributed by atoms with Crippen LogP contribution >= 0.6 is 0 Å². The first-order valence-electron chi connectivity index (χ1n) is 15.3. The Morgan fingerprint density at radius 2 is 1.76 bits per heavy atom. The normalized spacial score (nSPS) is 21.8. The fraction of sp³-hybridized carbons (Fsp3) is 0.697. The van der Waals surface area contributed by atoms with Gasteiger partial charge >= 0.3 is 5.97 Å². The molecule has 9 heteroatoms. The summed E-state index contributed by atoms with van der Waals surface area (Å²) in [5.74, 6) is -0.248. The number of methoxy groups -OCH3 is 1. The SMILES string of the molecule is COCCN(C)C1=NC2(CCC(C(C)(C)C)CC2)N([C@H](CCC(C)(C)C)c2ccc(C(=O)NCCC(=O)O)cc2)C1=O. The zero-order valence-electron chi connectivity index (χ0n) is 27.0. The fourth-order valence-corrected chi connectivity index (χ4v) is 6.17. The molecular formula is C33H52N4O5. The average Bonchev–Trinajstić information content (AvgIpc) is 3.18. The number of likely N-dealkylation sites (N-methyl/N-ethyl adjacent to an activating group) is 1. The van der Waals surface area contributed by atoms with Gasteiger partial charge in [0.2, 0.25) is 0 Å². The Balaban J connectivity index is 1.98. The van der Waals surface area contributed by atoms with E-state index < -0.39 is 11.6 Å². The monoisotopic (exact) mass is 584 g/mol. The smallest absolute Gasteiger partial charge is 0.305 e. The van der Waals surface area contributed by atoms with E-state index in [9.17, 15) is 14.4 Å². The third-order valence-corrected chi connectivity index (χ3v) is 8.84. The maximum Gasteiger partial charge on any atom is 0.305 e. The van der Waals surface area contributed by atoms with Gasteiger partial charge in [-0.3, -0.25) is 14.4 Å². The summed E-state index contributed by atoms with van der Waals surface area (Å²) in [5.41, 5.74) is 1.10. The molecule has 2 N–H and O–H groups in total. The summed E-state index contributed by atoms with van der Waals surface area (Å²) >= 11 is 0. The number of carbonyl (C=O) groups excluding carboxylic acids is 2. The average molecular weight is 585 g/mol. The van der Waals surface area contributed by atoms with Crippen LogP contribution in [0.4, 0.5) is 0 Å². The van der Waals surface area contributed by atoms with Crippen molar-refractivity contribution in [3.8, 4) is 0 Å². The standard InChI is InChI=1S/C33H52N4O5/c1-31(2,3)17-15-26(23-9-11-24(12-10-23)29(40)34-20-16-27(38)39)37-30(41)28(36(7)21-22-42-8)35-33(37)18-13-25(14-19-33)32(4,5)6/h9-12,25-26H,13-22H2,1-8H3,(H,34,40)(H,38,39)/t25?,26-,33?/m1/s1. The Hall–Kier alpha value is -2.94. The quantitative estimate of drug-likeness (QED) is 0.355. The highest BCUT2D eigenvalue weighted by Gasteiger charge is 2.53. The Morgan fingerprint density at radius 1 is 1.14 bits per heavy atom. The second kappa shape index (κ2) is 13.6. The molecule has 1 aliphatic heterocycles. The van der Waals surface area contributed by atoms with Gasteiger partial charge in [-0.15, -0.1) is 0 Å². The van der Waals surface area contributed by atoms with Gasteiger partial charge in [0.1, 0.15) is 5.66 Å². The molecule has 1 atom stereocenters. The van der Waals surface area contributed by atoms with E-state index >= 15 is 0 Å². The van der Waals surface area contributed by atoms with E-state index in [-0.39, 0.29) is 41.7 Å². The van der Waals surface area contributed by atoms with Gasteiger partial charge in [-0.2, -0.15) is 0 Å². The number of nitrogens with zero attached hydrogens (tertiary/aromatic N) is 3. The Labute approximate surface area is 252 Å². The van der Waals surface area contributed by atoms with E-state index in [4.69, 9.17) is 14.8 Å². The number of amidine groups is 1. The minimum Gasteiger partial charge on any atom is -0.481 e. The van der Waals surface area contributed by atoms with Crippen LogP contribution in [0.2, 0.25) is 0 Å². The third-order valence-electron chi connectivity index (χ3n) is 8.84. The Kier molecular flexibility index (Phi) is 10.8. The number of nitrogens with one attached hydrogen (secondary N) is 1. The zero-order valence-corrected chi connectivity index (χ0v) is 27.0. The van der Waals surface area contributed by atoms with Gasteiger partial charge < -0.3 is 25.0 Å². The van der Waals surface area contributed by atoms with E-state index in [1.165, 1.54) is 0 Å². The topological polar surface area (TPSA) is 112 Å². The number of carboxylic acids is 1. The van der Waals surface area contributed by atoms with Crippen molar-refractivity contribution < 1.29 is 24.2 Å². The number of carbonyl (C=O) groups is 3. The number of hydrogen-bond acceptors (Lipinski definition) is 6. The van der Waals surface area contributed by atoms with E-state index in [0.29, 0.717) is 30.5 Å². The minimum absolute atomic E-state index is 0.0442. The van der Waals surface area contributed by atoms with Crippen LogP contribution in [-0.4, -0.2) is 78.0 Å². The van der Waals surface area contributed by atoms with Crippen molar-refractivity contribution in [2.24, 2.45) is 21.7 Å². The predicted octanol–water partition coefficient (Wildman–Crippen LogP) is 5.51. The molecule has 1 heterocycles. The van der Waals surface area contributed by atoms with Crippen LogP contribution in [0.1, 0.15) is 108 Å². The number of carboxylic acid groups (broad SMARTS) is 1. The lowest BCUT2D eigenvalue weighted by Crippen LogP contribution is -2.52. The fourth-order valence-electron chi connectivity index (χ4n) is 6.17. The lowest BCUT2D eigenvalue weighted by Gasteiger charge is -2.47. The van der Waals surface area contributed by atoms with Crippen molar-refractivity contribution in [1.82, 2.24) is 15.1 Å². The summed E-state index contributed by atoms with van der Waals surface area (Å²) in [6.07, 6.45) is 5.20. The molecule has 2 amide bonds. The van der Waals surface area contributed by atoms with Crippen LogP contribution in [0.15, 0.2) is 29.3 Å². The lowest BCUT2D eigenvalue weighted by molar-refractivity contribution is -0.137. The molecular weight excluding hydrogens is 532 g/mol. The number of ether oxygens (including phenoxy) is 1. The van der Waals surface area contributed by atoms with Crippen LogP contribution < -0.4 is 5.32 Å². The molecule has 2 aliphatic rings. The molecule has 234 valence electrons. The third kappa shape index (κ3) is 8.33. The molecule has 1 spiro atoms. The van der Waals surface area contributed by atoms with Gasteiger partial charge in [0, 0.05) is 32.8 Å². The van der Waals surface area contributed by atoms with Gasteiger partial charge in [0.15, 0.2) is 5.84 Å². The summed E-state index contributed by atoms with van der Waals surface area (Å²) < 4.78 is 5.30. The second-order valence-electron chi connectivity index (χ2n) is 14.3. The van der Waals surface area contributed by atoms with Crippen molar-refractivity contribution in [2.45, 2.75) is 98.2 Å². The van der Waals surface area contributed by atoms with Crippen molar-refractivity contribution in [2.75, 3.05) is 33.9 Å². The molecule has 1 saturated carbocycles. The largest absolute Gasteiger partial charge is 0.481 e. The van der Waals surface area contributed by atoms with Crippen LogP contribution in [0, 0.1) is 16.7 Å². The van der Waals surface area contributed by atoms with E-state index in [1.54, 1.807) is 19.2 Å². The van der Waals surface area contributed by atoms with Gasteiger partial charge in [-0.25, -0.2) is 4.99 Å². The van der Waals surface area contributed by atoms with E-state index in [1.807, 2.05) is 24.1 Å². The zero-order chi connectivity index (χ0) is 31.3. The lowest BCUT2D eigenvalue weighted by atomic mass is 9.69. The van der Waals surface area contributed by atoms with Gasteiger partial charge in [-0.1, -0.05) is 53.7 Å². The first-order chi connectivity index (χ1) is 19.6. The molecule has 0 radical (unpaired) electrons. The molecule has 9 nitrogen and oxygen atoms in total. The van der Waals surface area contributed by atoms with Crippen molar-refractivity contribution in [1.29, 1.82) is 0 Å². The summed E-state index contributed by atoms with van der Waals surface area (Å²) in [5, 5.41) is 11.5. The number of amides is 2. The van der Waals surface area contributed by atoms with Crippen LogP contribution in [0.5, 0.6) is 0 Å². The van der Waals surface area contributed by atoms with Gasteiger partial charge in [0.05, 0.1) is 19.1 Å². The predicted molar refractivity (Wildman–Crippen MR) is 165 cm³/mol. The highest BCUT2D eigenvalue weighted by Crippen LogP contribution is 2.50. The molecule has 1 aromatic rings. The molecule has 1 aromatic carbocycles. The number of rotatable bonds is 11. The minimum atomic E-state index is -0.956. The molecule has 0 bridgehead atoms. The Bertz CT molecular complexity index is 1120. The number of benzene rings is 1. The maximum absolute atomic E-state index is 14.4. The number of hydrogen-bond donors (Lipinski definition) is 2. The summed E-state index contributed by atoms with van der Waals surface area (Å²) in [7, 11) is 3.57. The summed E-state index contributed by atoms with van der Waals surface area (Å²) in [6, 6.07) is 7.21. The van der Waals surface area contributed by atoms with Crippen molar-refractivity contribution in [3.63, 3.8) is 0 Å². The molecule has 42 heavy (non-hydrogen) atoms. The van der Waals surface area contributed by atoms with E-state index in [0.717, 1.165) is 44.1 Å². The van der Waals surface area contributed by atoms with Gasteiger partial charge in [-0.05, 0) is 73.0 Å². The molecule has 0 saturated heterocycles. The number of aliphatic carboxylic acids is 1. The van der Waals surface area contributed by atoms with Crippen LogP contribution in [0.25, 0.3) is 0 Å². The molecule has 3 rings (SSSR count). The summed E-state index contributed by atoms with van der Waals surface area (Å²) in [4.78, 5) is 47.0. The van der Waals surface area contributed by atoms with E-state index in [2.05, 4.69) is 51.8 Å². The molecule has 0 unspecified atom stereocenters. The van der Waals surface area contributed by atoms with Gasteiger partial charge in [0.25, 0.3) is 11.8 Å². The molecule has 0 aromatic heterocycles. The first-order valence-corrected chi connectivity index (χ1v) is 15.3. The molecule has 1 aliphatic carbocycles. The van der Waals surface area contributed by atoms with Crippen molar-refractivity contribution >= 4 is 23.6 Å². The summed E-state index contributed by atoms with van der Waals surface area (Å²) in [6.45, 7) is 14.7. The van der Waals surface area contributed by atoms with Crippen molar-refractivity contribution in [3.05, 3.63) is 35.4 Å². The molecule has 1 fully saturated rings. The Morgan fingerprint density at radius 3 is 2.29 bits per heavy atom. The first kappa shape index (κ1) is 33.6. The second-order valence-corrected chi connectivity index (χ2v) is 14.3. The van der Waals surface area contributed by atoms with Crippen LogP contribution in [-0.2, 0) is 14.3 Å². The highest BCUT2D eigenvalue weighted by atomic mass is 16.5. The highest BCUT2D eigenvalue weighted by molar-refractivity contribution is 6.39. The maximum atomic E-state index is 14.4.